The Bertz CT molecular complexity index is 1270. The van der Waals surface area contributed by atoms with Crippen molar-refractivity contribution in [1.29, 1.82) is 0 Å². The first-order chi connectivity index (χ1) is 18.6. The molecule has 0 amide bonds. The van der Waals surface area contributed by atoms with Gasteiger partial charge in [0.05, 0.1) is 18.9 Å². The zero-order valence-corrected chi connectivity index (χ0v) is 24.1. The molecule has 40 heavy (non-hydrogen) atoms. The second-order valence-electron chi connectivity index (χ2n) is 13.5. The quantitative estimate of drug-likeness (QED) is 0.304. The fourth-order valence-corrected chi connectivity index (χ4v) is 9.88. The van der Waals surface area contributed by atoms with E-state index in [1.165, 1.54) is 13.8 Å². The standard InChI is InChI=1S/C30H38O10/c1-15(31)36-20-13-22(33)39-26(3,4)19-12-21(37-16(2)32)29(7)18(28(19,20)6)8-10-27(5)23(17-9-11-35-14-17)38-25(34)24-30(27,29)40-24/h9,11,14,18-21,23-24H,8,10,12-13H2,1-7H3/t18-,19-,20-,21-,23-,24+,27-,28+,29-,30+/m0/s1. The summed E-state index contributed by atoms with van der Waals surface area (Å²) in [5.74, 6) is -2.43. The molecule has 2 aliphatic carbocycles. The van der Waals surface area contributed by atoms with Crippen LogP contribution in [0.2, 0.25) is 0 Å². The highest BCUT2D eigenvalue weighted by Crippen LogP contribution is 2.79. The van der Waals surface area contributed by atoms with Crippen molar-refractivity contribution in [3.63, 3.8) is 0 Å². The molecule has 218 valence electrons. The van der Waals surface area contributed by atoms with Crippen molar-refractivity contribution in [1.82, 2.24) is 0 Å². The molecular weight excluding hydrogens is 520 g/mol. The lowest BCUT2D eigenvalue weighted by molar-refractivity contribution is -0.277. The normalized spacial score (nSPS) is 46.7. The zero-order chi connectivity index (χ0) is 29.0. The zero-order valence-electron chi connectivity index (χ0n) is 24.1. The lowest BCUT2D eigenvalue weighted by atomic mass is 9.36. The van der Waals surface area contributed by atoms with Crippen molar-refractivity contribution in [2.45, 2.75) is 110 Å². The minimum Gasteiger partial charge on any atom is -0.472 e. The highest BCUT2D eigenvalue weighted by molar-refractivity contribution is 5.82. The maximum Gasteiger partial charge on any atom is 0.339 e. The molecular formula is C30H38O10. The number of hydrogen-bond acceptors (Lipinski definition) is 10. The summed E-state index contributed by atoms with van der Waals surface area (Å²) in [6.07, 6.45) is 1.72. The number of epoxide rings is 1. The molecule has 0 radical (unpaired) electrons. The molecule has 4 heterocycles. The molecule has 6 rings (SSSR count). The molecule has 10 heteroatoms. The highest BCUT2D eigenvalue weighted by Gasteiger charge is 2.89. The van der Waals surface area contributed by atoms with E-state index in [0.29, 0.717) is 19.3 Å². The van der Waals surface area contributed by atoms with E-state index in [1.807, 2.05) is 20.8 Å². The van der Waals surface area contributed by atoms with Gasteiger partial charge in [-0.15, -0.1) is 0 Å². The smallest absolute Gasteiger partial charge is 0.339 e. The van der Waals surface area contributed by atoms with E-state index >= 15 is 0 Å². The van der Waals surface area contributed by atoms with Gasteiger partial charge in [0, 0.05) is 41.6 Å². The van der Waals surface area contributed by atoms with Crippen molar-refractivity contribution in [2.75, 3.05) is 0 Å². The molecule has 3 aliphatic heterocycles. The van der Waals surface area contributed by atoms with Gasteiger partial charge in [0.25, 0.3) is 0 Å². The lowest BCUT2D eigenvalue weighted by Crippen LogP contribution is -2.74. The fraction of sp³-hybridized carbons (Fsp3) is 0.733. The third-order valence-electron chi connectivity index (χ3n) is 11.3. The molecule has 1 spiro atoms. The van der Waals surface area contributed by atoms with Crippen LogP contribution in [-0.4, -0.2) is 53.4 Å². The molecule has 0 N–H and O–H groups in total. The van der Waals surface area contributed by atoms with Crippen LogP contribution in [0.4, 0.5) is 0 Å². The number of esters is 4. The average Bonchev–Trinajstić information content (AvgIpc) is 3.42. The van der Waals surface area contributed by atoms with Crippen molar-refractivity contribution in [3.8, 4) is 0 Å². The predicted octanol–water partition coefficient (Wildman–Crippen LogP) is 4.05. The Morgan fingerprint density at radius 1 is 0.950 bits per heavy atom. The van der Waals surface area contributed by atoms with Crippen LogP contribution >= 0.6 is 0 Å². The van der Waals surface area contributed by atoms with Gasteiger partial charge >= 0.3 is 23.9 Å². The molecule has 1 aromatic rings. The van der Waals surface area contributed by atoms with Gasteiger partial charge in [-0.1, -0.05) is 20.8 Å². The van der Waals surface area contributed by atoms with E-state index in [1.54, 1.807) is 18.6 Å². The van der Waals surface area contributed by atoms with Crippen LogP contribution in [0.1, 0.15) is 85.8 Å². The Labute approximate surface area is 233 Å². The molecule has 10 atom stereocenters. The topological polar surface area (TPSA) is 131 Å². The van der Waals surface area contributed by atoms with E-state index in [4.69, 9.17) is 28.1 Å². The SMILES string of the molecule is CC(=O)O[C@H]1CC(=O)OC(C)(C)[C@@H]2C[C@H](OC(C)=O)[C@]3(C)[C@@H](CC[C@@]4(C)[C@H](c5ccoc5)OC(=O)[C@H]5O[C@@]534)[C@@]12C. The van der Waals surface area contributed by atoms with Gasteiger partial charge in [0.1, 0.15) is 29.5 Å². The van der Waals surface area contributed by atoms with E-state index in [0.717, 1.165) is 5.56 Å². The molecule has 0 bridgehead atoms. The fourth-order valence-electron chi connectivity index (χ4n) is 9.88. The summed E-state index contributed by atoms with van der Waals surface area (Å²) in [5, 5.41) is 0. The maximum atomic E-state index is 13.4. The minimum atomic E-state index is -1.03. The Kier molecular flexibility index (Phi) is 5.69. The average molecular weight is 559 g/mol. The number of hydrogen-bond donors (Lipinski definition) is 0. The van der Waals surface area contributed by atoms with E-state index < -0.39 is 75.7 Å². The number of carbonyl (C=O) groups is 4. The molecule has 0 aromatic carbocycles. The summed E-state index contributed by atoms with van der Waals surface area (Å²) in [5.41, 5.74) is -3.57. The maximum absolute atomic E-state index is 13.4. The molecule has 10 nitrogen and oxygen atoms in total. The van der Waals surface area contributed by atoms with Gasteiger partial charge < -0.3 is 28.1 Å². The largest absolute Gasteiger partial charge is 0.472 e. The second-order valence-corrected chi connectivity index (χ2v) is 13.5. The monoisotopic (exact) mass is 558 g/mol. The third kappa shape index (κ3) is 3.25. The van der Waals surface area contributed by atoms with Crippen molar-refractivity contribution >= 4 is 23.9 Å². The van der Waals surface area contributed by atoms with Crippen LogP contribution in [0.5, 0.6) is 0 Å². The second kappa shape index (κ2) is 8.33. The van der Waals surface area contributed by atoms with Gasteiger partial charge in [-0.3, -0.25) is 14.4 Å². The number of carbonyl (C=O) groups excluding carboxylic acids is 4. The first kappa shape index (κ1) is 27.3. The van der Waals surface area contributed by atoms with Crippen molar-refractivity contribution in [3.05, 3.63) is 24.2 Å². The summed E-state index contributed by atoms with van der Waals surface area (Å²) < 4.78 is 36.0. The van der Waals surface area contributed by atoms with Crippen LogP contribution < -0.4 is 0 Å². The Balaban J connectivity index is 1.57. The van der Waals surface area contributed by atoms with Gasteiger partial charge in [-0.25, -0.2) is 4.79 Å². The number of cyclic esters (lactones) is 2. The summed E-state index contributed by atoms with van der Waals surface area (Å²) in [6, 6.07) is 1.79. The van der Waals surface area contributed by atoms with Crippen LogP contribution in [0.15, 0.2) is 23.0 Å². The van der Waals surface area contributed by atoms with Gasteiger partial charge in [-0.2, -0.15) is 0 Å². The summed E-state index contributed by atoms with van der Waals surface area (Å²) in [7, 11) is 0. The highest BCUT2D eigenvalue weighted by atomic mass is 16.7. The van der Waals surface area contributed by atoms with Crippen molar-refractivity contribution < 1.29 is 47.3 Å². The minimum absolute atomic E-state index is 0.0882. The van der Waals surface area contributed by atoms with Gasteiger partial charge in [0.15, 0.2) is 6.10 Å². The Hall–Kier alpha value is -2.88. The molecule has 5 aliphatic rings. The number of furan rings is 1. The van der Waals surface area contributed by atoms with Crippen LogP contribution in [0.25, 0.3) is 0 Å². The molecule has 1 aromatic heterocycles. The van der Waals surface area contributed by atoms with E-state index in [9.17, 15) is 19.2 Å². The number of ether oxygens (including phenoxy) is 5. The Morgan fingerprint density at radius 3 is 2.25 bits per heavy atom. The van der Waals surface area contributed by atoms with Crippen molar-refractivity contribution in [2.24, 2.45) is 28.1 Å². The summed E-state index contributed by atoms with van der Waals surface area (Å²) in [6.45, 7) is 12.6. The van der Waals surface area contributed by atoms with Crippen LogP contribution in [0, 0.1) is 28.1 Å². The molecule has 5 fully saturated rings. The van der Waals surface area contributed by atoms with Crippen LogP contribution in [0.3, 0.4) is 0 Å². The van der Waals surface area contributed by atoms with E-state index in [-0.39, 0.29) is 18.3 Å². The number of fused-ring (bicyclic) bond motifs is 3. The first-order valence-electron chi connectivity index (χ1n) is 14.1. The lowest BCUT2D eigenvalue weighted by Gasteiger charge is -2.68. The first-order valence-corrected chi connectivity index (χ1v) is 14.1. The van der Waals surface area contributed by atoms with Gasteiger partial charge in [-0.05, 0) is 45.1 Å². The predicted molar refractivity (Wildman–Crippen MR) is 136 cm³/mol. The third-order valence-corrected chi connectivity index (χ3v) is 11.3. The molecule has 3 saturated heterocycles. The Morgan fingerprint density at radius 2 is 1.62 bits per heavy atom. The van der Waals surface area contributed by atoms with E-state index in [2.05, 4.69) is 13.8 Å². The molecule has 2 saturated carbocycles. The summed E-state index contributed by atoms with van der Waals surface area (Å²) in [4.78, 5) is 51.5. The number of rotatable bonds is 3. The van der Waals surface area contributed by atoms with Crippen LogP contribution in [-0.2, 0) is 42.9 Å². The summed E-state index contributed by atoms with van der Waals surface area (Å²) >= 11 is 0. The molecule has 0 unspecified atom stereocenters. The van der Waals surface area contributed by atoms with Gasteiger partial charge in [0.2, 0.25) is 0 Å².